The molecule has 2 aliphatic rings. The van der Waals surface area contributed by atoms with Crippen LogP contribution in [0.1, 0.15) is 32.6 Å². The Morgan fingerprint density at radius 2 is 1.69 bits per heavy atom. The molecule has 2 aliphatic heterocycles. The second kappa shape index (κ2) is 12.3. The highest BCUT2D eigenvalue weighted by Crippen LogP contribution is 2.30. The summed E-state index contributed by atoms with van der Waals surface area (Å²) in [4.78, 5) is 30.9. The first kappa shape index (κ1) is 26.7. The smallest absolute Gasteiger partial charge is 0.323 e. The van der Waals surface area contributed by atoms with Crippen LogP contribution < -0.4 is 20.9 Å². The third-order valence-electron chi connectivity index (χ3n) is 7.42. The fraction of sp³-hybridized carbons (Fsp3) is 0.355. The average Bonchev–Trinajstić information content (AvgIpc) is 2.95. The average molecular weight is 528 g/mol. The van der Waals surface area contributed by atoms with Crippen LogP contribution in [-0.2, 0) is 17.7 Å². The van der Waals surface area contributed by atoms with Crippen molar-refractivity contribution in [3.05, 3.63) is 88.5 Å². The molecule has 0 bridgehead atoms. The molecule has 8 heteroatoms. The fourth-order valence-electron chi connectivity index (χ4n) is 5.26. The van der Waals surface area contributed by atoms with Gasteiger partial charge in [-0.1, -0.05) is 42.0 Å². The summed E-state index contributed by atoms with van der Waals surface area (Å²) in [6, 6.07) is 19.6. The lowest BCUT2D eigenvalue weighted by Gasteiger charge is -2.32. The molecular formula is C31H37N5O3. The van der Waals surface area contributed by atoms with E-state index in [0.29, 0.717) is 17.8 Å². The molecule has 0 saturated carbocycles. The largest absolute Gasteiger partial charge is 0.379 e. The van der Waals surface area contributed by atoms with E-state index < -0.39 is 0 Å². The van der Waals surface area contributed by atoms with Crippen molar-refractivity contribution >= 4 is 29.0 Å². The molecule has 0 atom stereocenters. The number of benzene rings is 3. The van der Waals surface area contributed by atoms with Crippen molar-refractivity contribution in [3.8, 4) is 0 Å². The number of carbonyl (C=O) groups excluding carboxylic acids is 2. The lowest BCUT2D eigenvalue weighted by molar-refractivity contribution is 0.0383. The number of amides is 3. The minimum atomic E-state index is -0.347. The van der Waals surface area contributed by atoms with E-state index in [1.54, 1.807) is 6.07 Å². The van der Waals surface area contributed by atoms with Crippen molar-refractivity contribution in [2.75, 3.05) is 61.5 Å². The van der Waals surface area contributed by atoms with E-state index in [2.05, 4.69) is 50.0 Å². The van der Waals surface area contributed by atoms with Gasteiger partial charge in [0.05, 0.1) is 18.8 Å². The zero-order valence-electron chi connectivity index (χ0n) is 22.8. The van der Waals surface area contributed by atoms with E-state index in [-0.39, 0.29) is 11.9 Å². The minimum absolute atomic E-state index is 0.143. The second-order valence-corrected chi connectivity index (χ2v) is 10.3. The maximum absolute atomic E-state index is 13.5. The minimum Gasteiger partial charge on any atom is -0.379 e. The molecule has 3 amide bonds. The zero-order chi connectivity index (χ0) is 27.2. The highest BCUT2D eigenvalue weighted by atomic mass is 16.5. The first-order chi connectivity index (χ1) is 19.0. The number of urea groups is 1. The number of fused-ring (bicyclic) bond motifs is 1. The van der Waals surface area contributed by atoms with E-state index in [9.17, 15) is 9.59 Å². The molecule has 0 aliphatic carbocycles. The van der Waals surface area contributed by atoms with Crippen molar-refractivity contribution in [1.82, 2.24) is 10.2 Å². The van der Waals surface area contributed by atoms with Crippen molar-refractivity contribution in [2.45, 2.75) is 26.8 Å². The Morgan fingerprint density at radius 3 is 2.49 bits per heavy atom. The van der Waals surface area contributed by atoms with Gasteiger partial charge in [-0.05, 0) is 61.2 Å². The number of nitrogens with zero attached hydrogens (tertiary/aromatic N) is 2. The molecule has 3 N–H and O–H groups in total. The Balaban J connectivity index is 1.33. The van der Waals surface area contributed by atoms with Crippen molar-refractivity contribution in [1.29, 1.82) is 0 Å². The van der Waals surface area contributed by atoms with Crippen LogP contribution in [0, 0.1) is 13.8 Å². The molecule has 3 aromatic carbocycles. The molecule has 204 valence electrons. The normalized spacial score (nSPS) is 15.4. The lowest BCUT2D eigenvalue weighted by Crippen LogP contribution is -2.41. The van der Waals surface area contributed by atoms with Crippen molar-refractivity contribution in [2.24, 2.45) is 0 Å². The molecule has 0 unspecified atom stereocenters. The summed E-state index contributed by atoms with van der Waals surface area (Å²) < 4.78 is 5.42. The summed E-state index contributed by atoms with van der Waals surface area (Å²) >= 11 is 0. The molecule has 39 heavy (non-hydrogen) atoms. The first-order valence-corrected chi connectivity index (χ1v) is 13.7. The van der Waals surface area contributed by atoms with Gasteiger partial charge in [-0.15, -0.1) is 0 Å². The third kappa shape index (κ3) is 6.77. The van der Waals surface area contributed by atoms with Gasteiger partial charge in [0.25, 0.3) is 5.91 Å². The molecule has 2 heterocycles. The van der Waals surface area contributed by atoms with Crippen LogP contribution in [0.4, 0.5) is 21.9 Å². The third-order valence-corrected chi connectivity index (χ3v) is 7.42. The van der Waals surface area contributed by atoms with E-state index in [1.165, 1.54) is 11.1 Å². The van der Waals surface area contributed by atoms with Gasteiger partial charge < -0.3 is 25.6 Å². The van der Waals surface area contributed by atoms with Crippen LogP contribution in [0.15, 0.2) is 60.7 Å². The number of rotatable bonds is 7. The van der Waals surface area contributed by atoms with Crippen LogP contribution in [0.5, 0.6) is 0 Å². The molecular weight excluding hydrogens is 490 g/mol. The van der Waals surface area contributed by atoms with Gasteiger partial charge in [0.1, 0.15) is 0 Å². The quantitative estimate of drug-likeness (QED) is 0.419. The maximum atomic E-state index is 13.5. The molecule has 1 saturated heterocycles. The van der Waals surface area contributed by atoms with Gasteiger partial charge in [-0.25, -0.2) is 4.79 Å². The van der Waals surface area contributed by atoms with Gasteiger partial charge in [-0.3, -0.25) is 9.69 Å². The van der Waals surface area contributed by atoms with Crippen molar-refractivity contribution in [3.63, 3.8) is 0 Å². The SMILES string of the molecule is Cc1ccc(NC(=O)Nc2ccc(N3CCc4ccccc4C3)c(C(=O)NCCN3CCOCC3)c2)c(C)c1. The van der Waals surface area contributed by atoms with Gasteiger partial charge in [-0.2, -0.15) is 0 Å². The van der Waals surface area contributed by atoms with E-state index in [0.717, 1.165) is 74.9 Å². The van der Waals surface area contributed by atoms with E-state index >= 15 is 0 Å². The van der Waals surface area contributed by atoms with Crippen LogP contribution >= 0.6 is 0 Å². The molecule has 3 aromatic rings. The van der Waals surface area contributed by atoms with Crippen LogP contribution in [0.3, 0.4) is 0 Å². The standard InChI is InChI=1S/C31H37N5O3/c1-22-7-9-28(23(2)19-22)34-31(38)33-26-8-10-29(36-13-11-24-5-3-4-6-25(24)21-36)27(20-26)30(37)32-12-14-35-15-17-39-18-16-35/h3-10,19-20H,11-18,21H2,1-2H3,(H,32,37)(H2,33,34,38). The second-order valence-electron chi connectivity index (χ2n) is 10.3. The van der Waals surface area contributed by atoms with Gasteiger partial charge >= 0.3 is 6.03 Å². The highest BCUT2D eigenvalue weighted by molar-refractivity contribution is 6.04. The van der Waals surface area contributed by atoms with Crippen LogP contribution in [0.25, 0.3) is 0 Å². The summed E-state index contributed by atoms with van der Waals surface area (Å²) in [5, 5.41) is 8.93. The Labute approximate surface area is 230 Å². The predicted octanol–water partition coefficient (Wildman–Crippen LogP) is 4.57. The summed E-state index contributed by atoms with van der Waals surface area (Å²) in [6.07, 6.45) is 0.923. The molecule has 8 nitrogen and oxygen atoms in total. The molecule has 5 rings (SSSR count). The summed E-state index contributed by atoms with van der Waals surface area (Å²) in [7, 11) is 0. The highest BCUT2D eigenvalue weighted by Gasteiger charge is 2.22. The zero-order valence-corrected chi connectivity index (χ0v) is 22.8. The summed E-state index contributed by atoms with van der Waals surface area (Å²) in [5.41, 5.74) is 7.50. The Bertz CT molecular complexity index is 1340. The fourth-order valence-corrected chi connectivity index (χ4v) is 5.26. The lowest BCUT2D eigenvalue weighted by atomic mass is 9.98. The number of aryl methyl sites for hydroxylation is 2. The maximum Gasteiger partial charge on any atom is 0.323 e. The predicted molar refractivity (Wildman–Crippen MR) is 156 cm³/mol. The summed E-state index contributed by atoms with van der Waals surface area (Å²) in [6.45, 7) is 10.1. The number of nitrogens with one attached hydrogen (secondary N) is 3. The van der Waals surface area contributed by atoms with E-state index in [4.69, 9.17) is 4.74 Å². The number of morpholine rings is 1. The van der Waals surface area contributed by atoms with Crippen molar-refractivity contribution < 1.29 is 14.3 Å². The number of carbonyl (C=O) groups is 2. The monoisotopic (exact) mass is 527 g/mol. The van der Waals surface area contributed by atoms with Gasteiger partial charge in [0.15, 0.2) is 0 Å². The molecule has 0 aromatic heterocycles. The number of ether oxygens (including phenoxy) is 1. The number of hydrogen-bond acceptors (Lipinski definition) is 5. The number of anilines is 3. The molecule has 0 spiro atoms. The molecule has 0 radical (unpaired) electrons. The first-order valence-electron chi connectivity index (χ1n) is 13.7. The van der Waals surface area contributed by atoms with E-state index in [1.807, 2.05) is 44.2 Å². The van der Waals surface area contributed by atoms with Gasteiger partial charge in [0, 0.05) is 56.3 Å². The topological polar surface area (TPSA) is 85.9 Å². The molecule has 1 fully saturated rings. The Hall–Kier alpha value is -3.88. The van der Waals surface area contributed by atoms with Crippen LogP contribution in [0.2, 0.25) is 0 Å². The van der Waals surface area contributed by atoms with Gasteiger partial charge in [0.2, 0.25) is 0 Å². The number of hydrogen-bond donors (Lipinski definition) is 3. The van der Waals surface area contributed by atoms with Crippen LogP contribution in [-0.4, -0.2) is 62.8 Å². The Morgan fingerprint density at radius 1 is 0.897 bits per heavy atom. The Kier molecular flexibility index (Phi) is 8.44. The summed E-state index contributed by atoms with van der Waals surface area (Å²) in [5.74, 6) is -0.143.